The van der Waals surface area contributed by atoms with E-state index < -0.39 is 0 Å². The summed E-state index contributed by atoms with van der Waals surface area (Å²) < 4.78 is 2.27. The van der Waals surface area contributed by atoms with Gasteiger partial charge in [0.25, 0.3) is 0 Å². The van der Waals surface area contributed by atoms with Crippen LogP contribution in [-0.4, -0.2) is 9.55 Å². The summed E-state index contributed by atoms with van der Waals surface area (Å²) in [5, 5.41) is 0. The molecule has 0 aromatic carbocycles. The molecule has 2 nitrogen and oxygen atoms in total. The second-order valence-electron chi connectivity index (χ2n) is 3.92. The van der Waals surface area contributed by atoms with Gasteiger partial charge in [-0.2, -0.15) is 0 Å². The van der Waals surface area contributed by atoms with Crippen molar-refractivity contribution in [3.63, 3.8) is 0 Å². The molecule has 0 aliphatic heterocycles. The molecule has 3 rings (SSSR count). The van der Waals surface area contributed by atoms with Gasteiger partial charge in [-0.25, -0.2) is 4.98 Å². The van der Waals surface area contributed by atoms with Gasteiger partial charge in [-0.05, 0) is 18.3 Å². The number of nitrogens with zero attached hydrogens (tertiary/aromatic N) is 2. The van der Waals surface area contributed by atoms with Crippen molar-refractivity contribution in [2.75, 3.05) is 0 Å². The predicted molar refractivity (Wildman–Crippen MR) is 37.5 cm³/mol. The van der Waals surface area contributed by atoms with E-state index in [9.17, 15) is 0 Å². The Labute approximate surface area is 59.9 Å². The third-order valence-electron chi connectivity index (χ3n) is 3.24. The molecule has 2 aliphatic rings. The van der Waals surface area contributed by atoms with Gasteiger partial charge < -0.3 is 4.57 Å². The summed E-state index contributed by atoms with van der Waals surface area (Å²) in [6, 6.07) is 0. The summed E-state index contributed by atoms with van der Waals surface area (Å²) >= 11 is 0. The molecular formula is C8H10N2. The van der Waals surface area contributed by atoms with Crippen LogP contribution in [-0.2, 0) is 5.54 Å². The first-order chi connectivity index (χ1) is 4.77. The summed E-state index contributed by atoms with van der Waals surface area (Å²) in [7, 11) is 0. The molecule has 0 radical (unpaired) electrons. The van der Waals surface area contributed by atoms with Gasteiger partial charge in [0, 0.05) is 12.4 Å². The summed E-state index contributed by atoms with van der Waals surface area (Å²) in [6.07, 6.45) is 8.63. The molecule has 1 aromatic heterocycles. The number of imidazole rings is 1. The fourth-order valence-corrected chi connectivity index (χ4v) is 2.16. The van der Waals surface area contributed by atoms with Gasteiger partial charge in [0.15, 0.2) is 0 Å². The van der Waals surface area contributed by atoms with Crippen molar-refractivity contribution in [2.45, 2.75) is 25.3 Å². The zero-order valence-corrected chi connectivity index (χ0v) is 6.04. The average molecular weight is 134 g/mol. The van der Waals surface area contributed by atoms with Crippen LogP contribution in [0.2, 0.25) is 0 Å². The third kappa shape index (κ3) is 0.326. The molecule has 1 aromatic rings. The van der Waals surface area contributed by atoms with Gasteiger partial charge >= 0.3 is 0 Å². The van der Waals surface area contributed by atoms with Crippen LogP contribution < -0.4 is 0 Å². The van der Waals surface area contributed by atoms with Crippen LogP contribution in [0.15, 0.2) is 18.7 Å². The van der Waals surface area contributed by atoms with Crippen molar-refractivity contribution >= 4 is 0 Å². The lowest BCUT2D eigenvalue weighted by Gasteiger charge is -2.01. The van der Waals surface area contributed by atoms with Crippen LogP contribution >= 0.6 is 0 Å². The first-order valence-corrected chi connectivity index (χ1v) is 3.75. The second kappa shape index (κ2) is 1.04. The molecule has 0 spiro atoms. The van der Waals surface area contributed by atoms with E-state index in [1.807, 2.05) is 12.5 Å². The van der Waals surface area contributed by atoms with Crippen LogP contribution in [0.25, 0.3) is 0 Å². The molecule has 0 saturated heterocycles. The lowest BCUT2D eigenvalue weighted by Crippen LogP contribution is -2.02. The topological polar surface area (TPSA) is 17.8 Å². The van der Waals surface area contributed by atoms with Gasteiger partial charge in [-0.3, -0.25) is 0 Å². The highest BCUT2D eigenvalue weighted by Crippen LogP contribution is 2.83. The van der Waals surface area contributed by atoms with E-state index in [0.717, 1.165) is 0 Å². The maximum Gasteiger partial charge on any atom is 0.0951 e. The fourth-order valence-electron chi connectivity index (χ4n) is 2.16. The van der Waals surface area contributed by atoms with Crippen LogP contribution in [0, 0.1) is 5.41 Å². The molecule has 52 valence electrons. The van der Waals surface area contributed by atoms with E-state index in [2.05, 4.69) is 22.7 Å². The molecule has 10 heavy (non-hydrogen) atoms. The number of aromatic nitrogens is 2. The Bertz CT molecular complexity index is 267. The van der Waals surface area contributed by atoms with Crippen LogP contribution in [0.3, 0.4) is 0 Å². The first kappa shape index (κ1) is 4.94. The SMILES string of the molecule is CC12CC1(n1ccnc1)C2. The summed E-state index contributed by atoms with van der Waals surface area (Å²) in [4.78, 5) is 4.05. The van der Waals surface area contributed by atoms with E-state index in [4.69, 9.17) is 0 Å². The Morgan fingerprint density at radius 1 is 1.50 bits per heavy atom. The zero-order chi connectivity index (χ0) is 6.82. The minimum absolute atomic E-state index is 0.531. The number of hydrogen-bond donors (Lipinski definition) is 0. The second-order valence-corrected chi connectivity index (χ2v) is 3.92. The zero-order valence-electron chi connectivity index (χ0n) is 6.04. The molecule has 2 aliphatic carbocycles. The molecule has 0 unspecified atom stereocenters. The van der Waals surface area contributed by atoms with E-state index >= 15 is 0 Å². The Kier molecular flexibility index (Phi) is 0.516. The quantitative estimate of drug-likeness (QED) is 0.567. The first-order valence-electron chi connectivity index (χ1n) is 3.75. The maximum absolute atomic E-state index is 4.05. The van der Waals surface area contributed by atoms with Crippen LogP contribution in [0.5, 0.6) is 0 Å². The lowest BCUT2D eigenvalue weighted by molar-refractivity contribution is 0.594. The van der Waals surface area contributed by atoms with Gasteiger partial charge in [0.05, 0.1) is 11.9 Å². The van der Waals surface area contributed by atoms with Gasteiger partial charge in [-0.15, -0.1) is 0 Å². The van der Waals surface area contributed by atoms with Crippen molar-refractivity contribution in [1.82, 2.24) is 9.55 Å². The molecule has 2 heteroatoms. The van der Waals surface area contributed by atoms with E-state index in [1.165, 1.54) is 12.8 Å². The van der Waals surface area contributed by atoms with E-state index in [1.54, 1.807) is 0 Å². The minimum Gasteiger partial charge on any atom is -0.331 e. The highest BCUT2D eigenvalue weighted by atomic mass is 15.2. The van der Waals surface area contributed by atoms with E-state index in [0.29, 0.717) is 11.0 Å². The normalized spacial score (nSPS) is 48.5. The highest BCUT2D eigenvalue weighted by Gasteiger charge is 2.81. The molecule has 2 fully saturated rings. The average Bonchev–Trinajstić information content (AvgIpc) is 2.57. The monoisotopic (exact) mass is 134 g/mol. The van der Waals surface area contributed by atoms with Gasteiger partial charge in [-0.1, -0.05) is 6.92 Å². The number of rotatable bonds is 1. The molecule has 0 atom stereocenters. The fraction of sp³-hybridized carbons (Fsp3) is 0.625. The molecule has 0 amide bonds. The van der Waals surface area contributed by atoms with Crippen molar-refractivity contribution in [3.8, 4) is 0 Å². The summed E-state index contributed by atoms with van der Waals surface area (Å²) in [6.45, 7) is 2.35. The molecule has 0 bridgehead atoms. The minimum atomic E-state index is 0.531. The molecule has 1 heterocycles. The van der Waals surface area contributed by atoms with E-state index in [-0.39, 0.29) is 0 Å². The van der Waals surface area contributed by atoms with Crippen molar-refractivity contribution in [3.05, 3.63) is 18.7 Å². The van der Waals surface area contributed by atoms with Crippen molar-refractivity contribution < 1.29 is 0 Å². The Morgan fingerprint density at radius 2 is 2.20 bits per heavy atom. The molecular weight excluding hydrogens is 124 g/mol. The van der Waals surface area contributed by atoms with Crippen LogP contribution in [0.4, 0.5) is 0 Å². The summed E-state index contributed by atoms with van der Waals surface area (Å²) in [5.74, 6) is 0. The van der Waals surface area contributed by atoms with Crippen molar-refractivity contribution in [1.29, 1.82) is 0 Å². The number of fused-ring (bicyclic) bond motifs is 1. The maximum atomic E-state index is 4.05. The van der Waals surface area contributed by atoms with Gasteiger partial charge in [0.1, 0.15) is 0 Å². The Balaban J connectivity index is 2.06. The predicted octanol–water partition coefficient (Wildman–Crippen LogP) is 1.39. The third-order valence-corrected chi connectivity index (χ3v) is 3.24. The Morgan fingerprint density at radius 3 is 2.60 bits per heavy atom. The summed E-state index contributed by atoms with van der Waals surface area (Å²) in [5.41, 5.74) is 1.19. The molecule has 2 saturated carbocycles. The largest absolute Gasteiger partial charge is 0.331 e. The van der Waals surface area contributed by atoms with Crippen molar-refractivity contribution in [2.24, 2.45) is 5.41 Å². The standard InChI is InChI=1S/C8H10N2/c1-7-4-8(7,5-7)10-3-2-9-6-10/h2-3,6H,4-5H2,1H3. The number of hydrogen-bond acceptors (Lipinski definition) is 1. The molecule has 0 N–H and O–H groups in total. The Hall–Kier alpha value is -0.790. The van der Waals surface area contributed by atoms with Gasteiger partial charge in [0.2, 0.25) is 0 Å². The van der Waals surface area contributed by atoms with Crippen LogP contribution in [0.1, 0.15) is 19.8 Å². The highest BCUT2D eigenvalue weighted by molar-refractivity contribution is 5.33. The smallest absolute Gasteiger partial charge is 0.0951 e. The lowest BCUT2D eigenvalue weighted by atomic mass is 10.2.